The Kier molecular flexibility index (Phi) is 5.44. The molecule has 0 spiro atoms. The standard InChI is InChI=1S/C17H22N2O5/c20-9-14-16(24-10-15(21)19-14)11-1-3-13(4-2-11)18-17(22)12-5-7-23-8-6-12/h1-4,12,14,16,20H,5-10H2,(H,18,22)(H,19,21)/t14-,16-/m1/s1. The van der Waals surface area contributed by atoms with Gasteiger partial charge in [0.1, 0.15) is 12.7 Å². The normalized spacial score (nSPS) is 25.1. The van der Waals surface area contributed by atoms with Gasteiger partial charge in [0, 0.05) is 24.8 Å². The van der Waals surface area contributed by atoms with Crippen molar-refractivity contribution >= 4 is 17.5 Å². The van der Waals surface area contributed by atoms with Crippen molar-refractivity contribution in [3.63, 3.8) is 0 Å². The molecule has 2 heterocycles. The molecular formula is C17H22N2O5. The van der Waals surface area contributed by atoms with Crippen molar-refractivity contribution in [2.75, 3.05) is 31.7 Å². The number of benzene rings is 1. The second-order valence-corrected chi connectivity index (χ2v) is 6.09. The number of carbonyl (C=O) groups is 2. The Bertz CT molecular complexity index is 583. The fourth-order valence-corrected chi connectivity index (χ4v) is 3.04. The molecule has 2 saturated heterocycles. The Morgan fingerprint density at radius 2 is 1.96 bits per heavy atom. The van der Waals surface area contributed by atoms with Gasteiger partial charge in [-0.15, -0.1) is 0 Å². The number of amides is 2. The third-order valence-electron chi connectivity index (χ3n) is 4.40. The van der Waals surface area contributed by atoms with Crippen molar-refractivity contribution in [1.82, 2.24) is 5.32 Å². The predicted octanol–water partition coefficient (Wildman–Crippen LogP) is 0.600. The Labute approximate surface area is 140 Å². The minimum atomic E-state index is -0.464. The molecule has 7 nitrogen and oxygen atoms in total. The molecule has 0 bridgehead atoms. The second kappa shape index (κ2) is 7.74. The molecule has 24 heavy (non-hydrogen) atoms. The van der Waals surface area contributed by atoms with E-state index in [0.29, 0.717) is 13.2 Å². The highest BCUT2D eigenvalue weighted by molar-refractivity contribution is 5.92. The largest absolute Gasteiger partial charge is 0.394 e. The van der Waals surface area contributed by atoms with Crippen molar-refractivity contribution < 1.29 is 24.2 Å². The molecule has 0 unspecified atom stereocenters. The van der Waals surface area contributed by atoms with E-state index in [2.05, 4.69) is 10.6 Å². The maximum atomic E-state index is 12.2. The van der Waals surface area contributed by atoms with E-state index >= 15 is 0 Å². The summed E-state index contributed by atoms with van der Waals surface area (Å²) in [5.74, 6) is -0.222. The summed E-state index contributed by atoms with van der Waals surface area (Å²) in [4.78, 5) is 23.5. The highest BCUT2D eigenvalue weighted by atomic mass is 16.5. The van der Waals surface area contributed by atoms with Gasteiger partial charge in [0.25, 0.3) is 0 Å². The van der Waals surface area contributed by atoms with Gasteiger partial charge in [-0.1, -0.05) is 12.1 Å². The number of anilines is 1. The number of hydrogen-bond donors (Lipinski definition) is 3. The Morgan fingerprint density at radius 3 is 2.62 bits per heavy atom. The minimum absolute atomic E-state index is 0.00548. The molecule has 0 aliphatic carbocycles. The summed E-state index contributed by atoms with van der Waals surface area (Å²) in [6.07, 6.45) is 1.10. The number of aliphatic hydroxyl groups is 1. The van der Waals surface area contributed by atoms with Gasteiger partial charge < -0.3 is 25.2 Å². The fourth-order valence-electron chi connectivity index (χ4n) is 3.04. The monoisotopic (exact) mass is 334 g/mol. The van der Waals surface area contributed by atoms with Gasteiger partial charge in [0.05, 0.1) is 12.6 Å². The molecule has 0 radical (unpaired) electrons. The zero-order valence-electron chi connectivity index (χ0n) is 13.4. The Hall–Kier alpha value is -1.96. The first-order valence-electron chi connectivity index (χ1n) is 8.18. The van der Waals surface area contributed by atoms with Crippen molar-refractivity contribution in [3.8, 4) is 0 Å². The van der Waals surface area contributed by atoms with Crippen LogP contribution in [0.1, 0.15) is 24.5 Å². The van der Waals surface area contributed by atoms with Gasteiger partial charge in [0.2, 0.25) is 11.8 Å². The molecule has 2 aliphatic heterocycles. The van der Waals surface area contributed by atoms with E-state index in [1.54, 1.807) is 12.1 Å². The molecule has 7 heteroatoms. The van der Waals surface area contributed by atoms with Crippen LogP contribution < -0.4 is 10.6 Å². The summed E-state index contributed by atoms with van der Waals surface area (Å²) in [7, 11) is 0. The second-order valence-electron chi connectivity index (χ2n) is 6.09. The summed E-state index contributed by atoms with van der Waals surface area (Å²) in [5, 5.41) is 15.0. The Balaban J connectivity index is 1.62. The van der Waals surface area contributed by atoms with Crippen molar-refractivity contribution in [2.45, 2.75) is 25.0 Å². The first-order chi connectivity index (χ1) is 11.7. The minimum Gasteiger partial charge on any atom is -0.394 e. The number of ether oxygens (including phenoxy) is 2. The molecule has 2 atom stereocenters. The molecular weight excluding hydrogens is 312 g/mol. The van der Waals surface area contributed by atoms with E-state index in [-0.39, 0.29) is 30.9 Å². The lowest BCUT2D eigenvalue weighted by Gasteiger charge is -2.31. The average Bonchev–Trinajstić information content (AvgIpc) is 2.63. The number of nitrogens with one attached hydrogen (secondary N) is 2. The van der Waals surface area contributed by atoms with Crippen LogP contribution >= 0.6 is 0 Å². The number of hydrogen-bond acceptors (Lipinski definition) is 5. The van der Waals surface area contributed by atoms with Gasteiger partial charge in [-0.3, -0.25) is 9.59 Å². The van der Waals surface area contributed by atoms with Crippen LogP contribution in [0.3, 0.4) is 0 Å². The van der Waals surface area contributed by atoms with Crippen molar-refractivity contribution in [1.29, 1.82) is 0 Å². The SMILES string of the molecule is O=C1CO[C@H](c2ccc(NC(=O)C3CCOCC3)cc2)[C@@H](CO)N1. The first kappa shape index (κ1) is 16.9. The van der Waals surface area contributed by atoms with Gasteiger partial charge in [-0.05, 0) is 30.5 Å². The van der Waals surface area contributed by atoms with E-state index in [4.69, 9.17) is 9.47 Å². The van der Waals surface area contributed by atoms with Gasteiger partial charge in [-0.2, -0.15) is 0 Å². The molecule has 2 amide bonds. The molecule has 2 fully saturated rings. The van der Waals surface area contributed by atoms with Gasteiger partial charge >= 0.3 is 0 Å². The molecule has 3 N–H and O–H groups in total. The Morgan fingerprint density at radius 1 is 1.25 bits per heavy atom. The lowest BCUT2D eigenvalue weighted by atomic mass is 9.99. The number of aliphatic hydroxyl groups excluding tert-OH is 1. The average molecular weight is 334 g/mol. The van der Waals surface area contributed by atoms with Crippen LogP contribution in [0, 0.1) is 5.92 Å². The van der Waals surface area contributed by atoms with Crippen molar-refractivity contribution in [2.24, 2.45) is 5.92 Å². The van der Waals surface area contributed by atoms with Crippen LogP contribution in [0.2, 0.25) is 0 Å². The van der Waals surface area contributed by atoms with Crippen LogP contribution in [0.25, 0.3) is 0 Å². The van der Waals surface area contributed by atoms with Crippen LogP contribution in [-0.4, -0.2) is 49.4 Å². The summed E-state index contributed by atoms with van der Waals surface area (Å²) in [5.41, 5.74) is 1.56. The van der Waals surface area contributed by atoms with Gasteiger partial charge in [-0.25, -0.2) is 0 Å². The molecule has 0 saturated carbocycles. The molecule has 1 aromatic carbocycles. The lowest BCUT2D eigenvalue weighted by Crippen LogP contribution is -2.49. The summed E-state index contributed by atoms with van der Waals surface area (Å²) in [6, 6.07) is 6.82. The van der Waals surface area contributed by atoms with E-state index in [1.807, 2.05) is 12.1 Å². The smallest absolute Gasteiger partial charge is 0.246 e. The molecule has 3 rings (SSSR count). The zero-order valence-corrected chi connectivity index (χ0v) is 13.4. The fraction of sp³-hybridized carbons (Fsp3) is 0.529. The zero-order chi connectivity index (χ0) is 16.9. The highest BCUT2D eigenvalue weighted by Gasteiger charge is 2.30. The van der Waals surface area contributed by atoms with Crippen LogP contribution in [0.15, 0.2) is 24.3 Å². The van der Waals surface area contributed by atoms with Crippen LogP contribution in [-0.2, 0) is 19.1 Å². The van der Waals surface area contributed by atoms with Crippen LogP contribution in [0.5, 0.6) is 0 Å². The lowest BCUT2D eigenvalue weighted by molar-refractivity contribution is -0.138. The highest BCUT2D eigenvalue weighted by Crippen LogP contribution is 2.26. The maximum absolute atomic E-state index is 12.2. The number of morpholine rings is 1. The molecule has 0 aromatic heterocycles. The van der Waals surface area contributed by atoms with Crippen LogP contribution in [0.4, 0.5) is 5.69 Å². The number of rotatable bonds is 4. The third-order valence-corrected chi connectivity index (χ3v) is 4.40. The molecule has 1 aromatic rings. The first-order valence-corrected chi connectivity index (χ1v) is 8.18. The van der Waals surface area contributed by atoms with E-state index in [0.717, 1.165) is 24.1 Å². The van der Waals surface area contributed by atoms with E-state index in [1.165, 1.54) is 0 Å². The maximum Gasteiger partial charge on any atom is 0.246 e. The van der Waals surface area contributed by atoms with Crippen molar-refractivity contribution in [3.05, 3.63) is 29.8 Å². The summed E-state index contributed by atoms with van der Waals surface area (Å²) in [6.45, 7) is 1.04. The number of carbonyl (C=O) groups excluding carboxylic acids is 2. The summed E-state index contributed by atoms with van der Waals surface area (Å²) >= 11 is 0. The predicted molar refractivity (Wildman–Crippen MR) is 86.3 cm³/mol. The van der Waals surface area contributed by atoms with E-state index in [9.17, 15) is 14.7 Å². The quantitative estimate of drug-likeness (QED) is 0.749. The molecule has 130 valence electrons. The summed E-state index contributed by atoms with van der Waals surface area (Å²) < 4.78 is 10.8. The third kappa shape index (κ3) is 3.92. The molecule has 2 aliphatic rings. The van der Waals surface area contributed by atoms with Gasteiger partial charge in [0.15, 0.2) is 0 Å². The van der Waals surface area contributed by atoms with E-state index < -0.39 is 12.1 Å². The topological polar surface area (TPSA) is 96.9 Å².